The number of hydrogen-bond donors (Lipinski definition) is 2. The lowest BCUT2D eigenvalue weighted by Gasteiger charge is -2.26. The quantitative estimate of drug-likeness (QED) is 0.857. The van der Waals surface area contributed by atoms with Crippen LogP contribution in [0, 0.1) is 5.41 Å². The average molecular weight is 262 g/mol. The van der Waals surface area contributed by atoms with Crippen LogP contribution < -0.4 is 15.8 Å². The van der Waals surface area contributed by atoms with Gasteiger partial charge < -0.3 is 15.8 Å². The van der Waals surface area contributed by atoms with Gasteiger partial charge in [-0.05, 0) is 31.9 Å². The highest BCUT2D eigenvalue weighted by molar-refractivity contribution is 5.96. The minimum Gasteiger partial charge on any atom is -0.492 e. The van der Waals surface area contributed by atoms with Crippen LogP contribution in [0.5, 0.6) is 5.75 Å². The van der Waals surface area contributed by atoms with E-state index in [9.17, 15) is 4.79 Å². The molecule has 0 bridgehead atoms. The molecule has 0 aliphatic heterocycles. The van der Waals surface area contributed by atoms with E-state index in [2.05, 4.69) is 5.32 Å². The van der Waals surface area contributed by atoms with Crippen LogP contribution >= 0.6 is 0 Å². The molecule has 1 fully saturated rings. The third kappa shape index (κ3) is 2.89. The number of ether oxygens (including phenoxy) is 1. The Morgan fingerprint density at radius 3 is 2.68 bits per heavy atom. The van der Waals surface area contributed by atoms with Crippen LogP contribution in [0.1, 0.15) is 32.6 Å². The smallest absolute Gasteiger partial charge is 0.231 e. The second kappa shape index (κ2) is 6.06. The normalized spacial score (nSPS) is 17.2. The van der Waals surface area contributed by atoms with Gasteiger partial charge in [0, 0.05) is 6.54 Å². The number of hydrogen-bond acceptors (Lipinski definition) is 3. The molecule has 0 unspecified atom stereocenters. The lowest BCUT2D eigenvalue weighted by atomic mass is 9.85. The Hall–Kier alpha value is -1.55. The first-order chi connectivity index (χ1) is 9.22. The Bertz CT molecular complexity index is 440. The Labute approximate surface area is 114 Å². The van der Waals surface area contributed by atoms with Gasteiger partial charge in [0.05, 0.1) is 17.7 Å². The van der Waals surface area contributed by atoms with E-state index in [1.165, 1.54) is 0 Å². The number of para-hydroxylation sites is 2. The molecule has 0 saturated heterocycles. The van der Waals surface area contributed by atoms with Gasteiger partial charge in [-0.25, -0.2) is 0 Å². The van der Waals surface area contributed by atoms with E-state index in [1.807, 2.05) is 31.2 Å². The largest absolute Gasteiger partial charge is 0.492 e. The van der Waals surface area contributed by atoms with E-state index in [-0.39, 0.29) is 11.3 Å². The number of carbonyl (C=O) groups is 1. The standard InChI is InChI=1S/C15H22N2O2/c1-2-19-13-8-4-3-7-12(13)17-14(18)15(11-16)9-5-6-10-15/h3-4,7-8H,2,5-6,9-11,16H2,1H3,(H,17,18). The summed E-state index contributed by atoms with van der Waals surface area (Å²) in [5, 5.41) is 2.99. The van der Waals surface area contributed by atoms with Crippen molar-refractivity contribution >= 4 is 11.6 Å². The topological polar surface area (TPSA) is 64.3 Å². The first-order valence-electron chi connectivity index (χ1n) is 6.95. The summed E-state index contributed by atoms with van der Waals surface area (Å²) in [6.45, 7) is 2.92. The van der Waals surface area contributed by atoms with Crippen molar-refractivity contribution in [2.45, 2.75) is 32.6 Å². The zero-order chi connectivity index (χ0) is 13.7. The summed E-state index contributed by atoms with van der Waals surface area (Å²) in [6, 6.07) is 7.52. The molecule has 0 atom stereocenters. The number of amides is 1. The van der Waals surface area contributed by atoms with E-state index in [4.69, 9.17) is 10.5 Å². The van der Waals surface area contributed by atoms with Gasteiger partial charge in [-0.3, -0.25) is 4.79 Å². The summed E-state index contributed by atoms with van der Waals surface area (Å²) in [5.41, 5.74) is 6.17. The van der Waals surface area contributed by atoms with Crippen molar-refractivity contribution in [1.82, 2.24) is 0 Å². The fraction of sp³-hybridized carbons (Fsp3) is 0.533. The molecule has 4 nitrogen and oxygen atoms in total. The summed E-state index contributed by atoms with van der Waals surface area (Å²) in [7, 11) is 0. The molecule has 1 saturated carbocycles. The fourth-order valence-electron chi connectivity index (χ4n) is 2.68. The molecule has 1 aliphatic rings. The average Bonchev–Trinajstić information content (AvgIpc) is 2.91. The Morgan fingerprint density at radius 2 is 2.05 bits per heavy atom. The molecule has 104 valence electrons. The van der Waals surface area contributed by atoms with Crippen molar-refractivity contribution in [3.05, 3.63) is 24.3 Å². The lowest BCUT2D eigenvalue weighted by molar-refractivity contribution is -0.124. The Morgan fingerprint density at radius 1 is 1.37 bits per heavy atom. The number of anilines is 1. The van der Waals surface area contributed by atoms with Crippen LogP contribution in [0.2, 0.25) is 0 Å². The highest BCUT2D eigenvalue weighted by atomic mass is 16.5. The molecule has 1 aromatic rings. The molecule has 1 aliphatic carbocycles. The van der Waals surface area contributed by atoms with Crippen LogP contribution in [0.3, 0.4) is 0 Å². The number of rotatable bonds is 5. The van der Waals surface area contributed by atoms with Gasteiger partial charge in [0.15, 0.2) is 0 Å². The van der Waals surface area contributed by atoms with E-state index >= 15 is 0 Å². The van der Waals surface area contributed by atoms with E-state index in [0.29, 0.717) is 18.9 Å². The molecule has 4 heteroatoms. The van der Waals surface area contributed by atoms with Crippen LogP contribution in [0.4, 0.5) is 5.69 Å². The first-order valence-corrected chi connectivity index (χ1v) is 6.95. The van der Waals surface area contributed by atoms with Crippen molar-refractivity contribution in [3.8, 4) is 5.75 Å². The van der Waals surface area contributed by atoms with E-state index in [0.717, 1.165) is 31.4 Å². The molecule has 1 aromatic carbocycles. The maximum absolute atomic E-state index is 12.5. The molecular weight excluding hydrogens is 240 g/mol. The predicted molar refractivity (Wildman–Crippen MR) is 76.2 cm³/mol. The van der Waals surface area contributed by atoms with Gasteiger partial charge in [0.2, 0.25) is 5.91 Å². The molecule has 0 spiro atoms. The van der Waals surface area contributed by atoms with Gasteiger partial charge in [-0.2, -0.15) is 0 Å². The van der Waals surface area contributed by atoms with Crippen molar-refractivity contribution < 1.29 is 9.53 Å². The van der Waals surface area contributed by atoms with Gasteiger partial charge in [-0.1, -0.05) is 25.0 Å². The highest BCUT2D eigenvalue weighted by Crippen LogP contribution is 2.38. The predicted octanol–water partition coefficient (Wildman–Crippen LogP) is 2.54. The summed E-state index contributed by atoms with van der Waals surface area (Å²) < 4.78 is 5.52. The van der Waals surface area contributed by atoms with Crippen molar-refractivity contribution in [1.29, 1.82) is 0 Å². The molecule has 2 rings (SSSR count). The van der Waals surface area contributed by atoms with Gasteiger partial charge in [-0.15, -0.1) is 0 Å². The number of benzene rings is 1. The van der Waals surface area contributed by atoms with Crippen molar-refractivity contribution in [2.75, 3.05) is 18.5 Å². The van der Waals surface area contributed by atoms with Gasteiger partial charge in [0.1, 0.15) is 5.75 Å². The van der Waals surface area contributed by atoms with E-state index in [1.54, 1.807) is 0 Å². The maximum Gasteiger partial charge on any atom is 0.231 e. The van der Waals surface area contributed by atoms with Crippen LogP contribution in [0.25, 0.3) is 0 Å². The molecule has 1 amide bonds. The molecule has 0 heterocycles. The minimum atomic E-state index is -0.390. The molecule has 19 heavy (non-hydrogen) atoms. The summed E-state index contributed by atoms with van der Waals surface area (Å²) in [6.07, 6.45) is 3.92. The summed E-state index contributed by atoms with van der Waals surface area (Å²) in [4.78, 5) is 12.5. The SMILES string of the molecule is CCOc1ccccc1NC(=O)C1(CN)CCCC1. The second-order valence-corrected chi connectivity index (χ2v) is 5.07. The van der Waals surface area contributed by atoms with Crippen molar-refractivity contribution in [2.24, 2.45) is 11.1 Å². The third-order valence-electron chi connectivity index (χ3n) is 3.87. The summed E-state index contributed by atoms with van der Waals surface area (Å²) >= 11 is 0. The molecule has 0 radical (unpaired) electrons. The maximum atomic E-state index is 12.5. The molecule has 0 aromatic heterocycles. The minimum absolute atomic E-state index is 0.0275. The highest BCUT2D eigenvalue weighted by Gasteiger charge is 2.39. The molecule has 3 N–H and O–H groups in total. The molecular formula is C15H22N2O2. The second-order valence-electron chi connectivity index (χ2n) is 5.07. The van der Waals surface area contributed by atoms with Crippen LogP contribution in [0.15, 0.2) is 24.3 Å². The van der Waals surface area contributed by atoms with E-state index < -0.39 is 0 Å². The third-order valence-corrected chi connectivity index (χ3v) is 3.87. The fourth-order valence-corrected chi connectivity index (χ4v) is 2.68. The van der Waals surface area contributed by atoms with Crippen LogP contribution in [-0.2, 0) is 4.79 Å². The van der Waals surface area contributed by atoms with Gasteiger partial charge in [0.25, 0.3) is 0 Å². The summed E-state index contributed by atoms with van der Waals surface area (Å²) in [5.74, 6) is 0.739. The zero-order valence-electron chi connectivity index (χ0n) is 11.4. The van der Waals surface area contributed by atoms with Crippen molar-refractivity contribution in [3.63, 3.8) is 0 Å². The Kier molecular flexibility index (Phi) is 4.43. The Balaban J connectivity index is 2.14. The number of carbonyl (C=O) groups excluding carboxylic acids is 1. The lowest BCUT2D eigenvalue weighted by Crippen LogP contribution is -2.40. The first kappa shape index (κ1) is 13.9. The van der Waals surface area contributed by atoms with Gasteiger partial charge >= 0.3 is 0 Å². The number of nitrogens with one attached hydrogen (secondary N) is 1. The zero-order valence-corrected chi connectivity index (χ0v) is 11.4. The monoisotopic (exact) mass is 262 g/mol. The van der Waals surface area contributed by atoms with Crippen LogP contribution in [-0.4, -0.2) is 19.1 Å². The number of nitrogens with two attached hydrogens (primary N) is 1.